The van der Waals surface area contributed by atoms with E-state index < -0.39 is 0 Å². The topological polar surface area (TPSA) is 26.0 Å². The van der Waals surface area contributed by atoms with Crippen molar-refractivity contribution in [3.63, 3.8) is 0 Å². The average molecular weight is 175 g/mol. The fourth-order valence-corrected chi connectivity index (χ4v) is 2.33. The zero-order valence-electron chi connectivity index (χ0n) is 8.38. The fourth-order valence-electron chi connectivity index (χ4n) is 2.33. The molecule has 0 bridgehead atoms. The second kappa shape index (κ2) is 3.15. The summed E-state index contributed by atoms with van der Waals surface area (Å²) < 4.78 is 0. The van der Waals surface area contributed by atoms with Crippen molar-refractivity contribution in [2.24, 2.45) is 5.73 Å². The molecule has 2 unspecified atom stereocenters. The largest absolute Gasteiger partial charge is 0.327 e. The Morgan fingerprint density at radius 1 is 1.46 bits per heavy atom. The lowest BCUT2D eigenvalue weighted by atomic mass is 9.94. The van der Waals surface area contributed by atoms with E-state index in [0.29, 0.717) is 12.0 Å². The minimum Gasteiger partial charge on any atom is -0.327 e. The highest BCUT2D eigenvalue weighted by atomic mass is 14.6. The zero-order chi connectivity index (χ0) is 9.42. The molecular formula is C12H17N. The standard InChI is InChI=1S/C12H17N/c1-8-3-5-12-10(7-8)4-6-11(12)9(2)13/h3,5,7,9,11H,4,6,13H2,1-2H3. The number of benzene rings is 1. The predicted molar refractivity (Wildman–Crippen MR) is 55.9 cm³/mol. The van der Waals surface area contributed by atoms with E-state index in [9.17, 15) is 0 Å². The second-order valence-electron chi connectivity index (χ2n) is 4.21. The molecule has 1 aliphatic rings. The van der Waals surface area contributed by atoms with Crippen LogP contribution in [0.1, 0.15) is 36.0 Å². The third kappa shape index (κ3) is 1.49. The molecule has 2 N–H and O–H groups in total. The summed E-state index contributed by atoms with van der Waals surface area (Å²) in [6.07, 6.45) is 2.44. The van der Waals surface area contributed by atoms with Crippen LogP contribution in [0.2, 0.25) is 0 Å². The van der Waals surface area contributed by atoms with Crippen molar-refractivity contribution in [2.45, 2.75) is 38.6 Å². The maximum Gasteiger partial charge on any atom is 0.00795 e. The van der Waals surface area contributed by atoms with Crippen LogP contribution in [-0.4, -0.2) is 6.04 Å². The van der Waals surface area contributed by atoms with Gasteiger partial charge in [0, 0.05) is 6.04 Å². The lowest BCUT2D eigenvalue weighted by Gasteiger charge is -2.15. The minimum absolute atomic E-state index is 0.295. The quantitative estimate of drug-likeness (QED) is 0.696. The zero-order valence-corrected chi connectivity index (χ0v) is 8.38. The first kappa shape index (κ1) is 8.76. The Morgan fingerprint density at radius 2 is 2.23 bits per heavy atom. The molecular weight excluding hydrogens is 158 g/mol. The van der Waals surface area contributed by atoms with E-state index >= 15 is 0 Å². The number of hydrogen-bond donors (Lipinski definition) is 1. The van der Waals surface area contributed by atoms with Crippen LogP contribution in [0.4, 0.5) is 0 Å². The summed E-state index contributed by atoms with van der Waals surface area (Å²) in [5, 5.41) is 0. The number of rotatable bonds is 1. The van der Waals surface area contributed by atoms with Crippen molar-refractivity contribution in [3.05, 3.63) is 34.9 Å². The molecule has 0 aliphatic heterocycles. The Kier molecular flexibility index (Phi) is 2.12. The van der Waals surface area contributed by atoms with Crippen LogP contribution in [0.5, 0.6) is 0 Å². The first-order valence-electron chi connectivity index (χ1n) is 5.03. The van der Waals surface area contributed by atoms with E-state index in [1.54, 1.807) is 0 Å². The summed E-state index contributed by atoms with van der Waals surface area (Å²) in [5.74, 6) is 0.593. The molecule has 0 saturated heterocycles. The molecule has 70 valence electrons. The molecule has 0 radical (unpaired) electrons. The summed E-state index contributed by atoms with van der Waals surface area (Å²) in [5.41, 5.74) is 10.3. The van der Waals surface area contributed by atoms with Crippen molar-refractivity contribution in [1.82, 2.24) is 0 Å². The Labute approximate surface area is 80.0 Å². The highest BCUT2D eigenvalue weighted by Gasteiger charge is 2.24. The lowest BCUT2D eigenvalue weighted by molar-refractivity contribution is 0.564. The van der Waals surface area contributed by atoms with Gasteiger partial charge in [0.25, 0.3) is 0 Å². The van der Waals surface area contributed by atoms with E-state index in [-0.39, 0.29) is 0 Å². The van der Waals surface area contributed by atoms with Gasteiger partial charge in [-0.25, -0.2) is 0 Å². The van der Waals surface area contributed by atoms with E-state index in [4.69, 9.17) is 5.73 Å². The van der Waals surface area contributed by atoms with Gasteiger partial charge in [0.15, 0.2) is 0 Å². The molecule has 0 saturated carbocycles. The van der Waals surface area contributed by atoms with Crippen molar-refractivity contribution < 1.29 is 0 Å². The van der Waals surface area contributed by atoms with Gasteiger partial charge >= 0.3 is 0 Å². The van der Waals surface area contributed by atoms with Crippen molar-refractivity contribution in [1.29, 1.82) is 0 Å². The Hall–Kier alpha value is -0.820. The summed E-state index contributed by atoms with van der Waals surface area (Å²) in [7, 11) is 0. The summed E-state index contributed by atoms with van der Waals surface area (Å²) in [4.78, 5) is 0. The number of aryl methyl sites for hydroxylation is 2. The van der Waals surface area contributed by atoms with Crippen LogP contribution in [0.15, 0.2) is 18.2 Å². The highest BCUT2D eigenvalue weighted by Crippen LogP contribution is 2.34. The monoisotopic (exact) mass is 175 g/mol. The molecule has 0 spiro atoms. The normalized spacial score (nSPS) is 22.8. The molecule has 2 atom stereocenters. The van der Waals surface area contributed by atoms with Crippen molar-refractivity contribution in [3.8, 4) is 0 Å². The van der Waals surface area contributed by atoms with Gasteiger partial charge in [-0.2, -0.15) is 0 Å². The van der Waals surface area contributed by atoms with Crippen LogP contribution in [-0.2, 0) is 6.42 Å². The van der Waals surface area contributed by atoms with Gasteiger partial charge in [0.2, 0.25) is 0 Å². The Bertz CT molecular complexity index is 315. The van der Waals surface area contributed by atoms with Gasteiger partial charge in [0.05, 0.1) is 0 Å². The number of hydrogen-bond acceptors (Lipinski definition) is 1. The van der Waals surface area contributed by atoms with Crippen LogP contribution < -0.4 is 5.73 Å². The molecule has 1 aliphatic carbocycles. The summed E-state index contributed by atoms with van der Waals surface area (Å²) in [6.45, 7) is 4.26. The van der Waals surface area contributed by atoms with E-state index in [1.165, 1.54) is 29.5 Å². The van der Waals surface area contributed by atoms with Gasteiger partial charge in [-0.3, -0.25) is 0 Å². The van der Waals surface area contributed by atoms with Crippen LogP contribution in [0, 0.1) is 6.92 Å². The maximum absolute atomic E-state index is 5.95. The first-order chi connectivity index (χ1) is 6.18. The van der Waals surface area contributed by atoms with Crippen molar-refractivity contribution >= 4 is 0 Å². The molecule has 2 rings (SSSR count). The Balaban J connectivity index is 2.38. The van der Waals surface area contributed by atoms with E-state index in [2.05, 4.69) is 32.0 Å². The summed E-state index contributed by atoms with van der Waals surface area (Å²) in [6, 6.07) is 7.05. The van der Waals surface area contributed by atoms with Gasteiger partial charge in [-0.1, -0.05) is 23.8 Å². The molecule has 1 aromatic carbocycles. The maximum atomic E-state index is 5.95. The lowest BCUT2D eigenvalue weighted by Crippen LogP contribution is -2.22. The van der Waals surface area contributed by atoms with Crippen LogP contribution in [0.25, 0.3) is 0 Å². The number of fused-ring (bicyclic) bond motifs is 1. The molecule has 0 amide bonds. The van der Waals surface area contributed by atoms with E-state index in [1.807, 2.05) is 0 Å². The van der Waals surface area contributed by atoms with Gasteiger partial charge in [-0.15, -0.1) is 0 Å². The SMILES string of the molecule is Cc1ccc2c(c1)CCC2C(C)N. The second-order valence-corrected chi connectivity index (χ2v) is 4.21. The molecule has 1 nitrogen and oxygen atoms in total. The smallest absolute Gasteiger partial charge is 0.00795 e. The molecule has 0 fully saturated rings. The first-order valence-corrected chi connectivity index (χ1v) is 5.03. The number of nitrogens with two attached hydrogens (primary N) is 1. The molecule has 13 heavy (non-hydrogen) atoms. The third-order valence-corrected chi connectivity index (χ3v) is 3.06. The summed E-state index contributed by atoms with van der Waals surface area (Å²) >= 11 is 0. The van der Waals surface area contributed by atoms with Crippen LogP contribution in [0.3, 0.4) is 0 Å². The third-order valence-electron chi connectivity index (χ3n) is 3.06. The Morgan fingerprint density at radius 3 is 2.92 bits per heavy atom. The predicted octanol–water partition coefficient (Wildman–Crippen LogP) is 2.37. The fraction of sp³-hybridized carbons (Fsp3) is 0.500. The average Bonchev–Trinajstić information content (AvgIpc) is 2.46. The van der Waals surface area contributed by atoms with Gasteiger partial charge in [-0.05, 0) is 43.7 Å². The van der Waals surface area contributed by atoms with Crippen LogP contribution >= 0.6 is 0 Å². The van der Waals surface area contributed by atoms with Gasteiger partial charge < -0.3 is 5.73 Å². The van der Waals surface area contributed by atoms with Gasteiger partial charge in [0.1, 0.15) is 0 Å². The highest BCUT2D eigenvalue weighted by molar-refractivity contribution is 5.38. The molecule has 0 aromatic heterocycles. The molecule has 0 heterocycles. The van der Waals surface area contributed by atoms with E-state index in [0.717, 1.165) is 0 Å². The molecule has 1 heteroatoms. The minimum atomic E-state index is 0.295. The van der Waals surface area contributed by atoms with Crippen molar-refractivity contribution in [2.75, 3.05) is 0 Å². The molecule has 1 aromatic rings.